The molecular formula is C14H13NO3. The minimum atomic E-state index is -1.03. The van der Waals surface area contributed by atoms with Crippen molar-refractivity contribution in [2.24, 2.45) is 0 Å². The molecular weight excluding hydrogens is 230 g/mol. The molecule has 0 unspecified atom stereocenters. The average molecular weight is 243 g/mol. The van der Waals surface area contributed by atoms with Crippen LogP contribution in [0, 0.1) is 0 Å². The van der Waals surface area contributed by atoms with E-state index in [1.165, 1.54) is 6.20 Å². The normalized spacial score (nSPS) is 10.1. The van der Waals surface area contributed by atoms with Crippen LogP contribution in [0.5, 0.6) is 5.75 Å². The van der Waals surface area contributed by atoms with Crippen LogP contribution in [0.1, 0.15) is 17.4 Å². The van der Waals surface area contributed by atoms with E-state index in [0.717, 1.165) is 11.3 Å². The molecule has 0 amide bonds. The standard InChI is InChI=1S/C14H13NO3/c1-2-18-11-6-3-5-10(9-11)12-7-4-8-15-13(12)14(16)17/h3-9H,2H2,1H3,(H,16,17). The Kier molecular flexibility index (Phi) is 3.57. The zero-order valence-corrected chi connectivity index (χ0v) is 9.96. The predicted molar refractivity (Wildman–Crippen MR) is 67.8 cm³/mol. The number of carbonyl (C=O) groups is 1. The summed E-state index contributed by atoms with van der Waals surface area (Å²) in [7, 11) is 0. The molecule has 0 radical (unpaired) electrons. The fourth-order valence-corrected chi connectivity index (χ4v) is 1.73. The van der Waals surface area contributed by atoms with Crippen LogP contribution in [0.2, 0.25) is 0 Å². The van der Waals surface area contributed by atoms with Gasteiger partial charge in [-0.2, -0.15) is 0 Å². The maximum absolute atomic E-state index is 11.1. The van der Waals surface area contributed by atoms with Crippen molar-refractivity contribution in [3.05, 3.63) is 48.3 Å². The molecule has 4 nitrogen and oxygen atoms in total. The van der Waals surface area contributed by atoms with Crippen LogP contribution in [0.25, 0.3) is 11.1 Å². The van der Waals surface area contributed by atoms with E-state index in [2.05, 4.69) is 4.98 Å². The van der Waals surface area contributed by atoms with Gasteiger partial charge in [0.05, 0.1) is 6.61 Å². The minimum Gasteiger partial charge on any atom is -0.494 e. The van der Waals surface area contributed by atoms with E-state index in [-0.39, 0.29) is 5.69 Å². The van der Waals surface area contributed by atoms with E-state index >= 15 is 0 Å². The molecule has 1 aromatic carbocycles. The summed E-state index contributed by atoms with van der Waals surface area (Å²) in [5.74, 6) is -0.317. The molecule has 0 spiro atoms. The molecule has 2 aromatic rings. The number of hydrogen-bond acceptors (Lipinski definition) is 3. The first-order valence-electron chi connectivity index (χ1n) is 5.64. The highest BCUT2D eigenvalue weighted by atomic mass is 16.5. The topological polar surface area (TPSA) is 59.4 Å². The molecule has 2 rings (SSSR count). The van der Waals surface area contributed by atoms with Crippen molar-refractivity contribution < 1.29 is 14.6 Å². The summed E-state index contributed by atoms with van der Waals surface area (Å²) in [6.45, 7) is 2.47. The number of hydrogen-bond donors (Lipinski definition) is 1. The van der Waals surface area contributed by atoms with Crippen molar-refractivity contribution in [1.82, 2.24) is 4.98 Å². The van der Waals surface area contributed by atoms with Gasteiger partial charge in [-0.3, -0.25) is 0 Å². The van der Waals surface area contributed by atoms with Crippen molar-refractivity contribution in [1.29, 1.82) is 0 Å². The Morgan fingerprint density at radius 3 is 2.89 bits per heavy atom. The number of nitrogens with zero attached hydrogens (tertiary/aromatic N) is 1. The van der Waals surface area contributed by atoms with Gasteiger partial charge in [0.15, 0.2) is 5.69 Å². The highest BCUT2D eigenvalue weighted by molar-refractivity contribution is 5.93. The first-order chi connectivity index (χ1) is 8.72. The summed E-state index contributed by atoms with van der Waals surface area (Å²) in [4.78, 5) is 15.0. The lowest BCUT2D eigenvalue weighted by molar-refractivity contribution is 0.0691. The second-order valence-corrected chi connectivity index (χ2v) is 3.67. The number of benzene rings is 1. The monoisotopic (exact) mass is 243 g/mol. The molecule has 0 bridgehead atoms. The molecule has 1 aromatic heterocycles. The fraction of sp³-hybridized carbons (Fsp3) is 0.143. The summed E-state index contributed by atoms with van der Waals surface area (Å²) < 4.78 is 5.40. The highest BCUT2D eigenvalue weighted by Crippen LogP contribution is 2.25. The van der Waals surface area contributed by atoms with Crippen molar-refractivity contribution >= 4 is 5.97 Å². The van der Waals surface area contributed by atoms with Gasteiger partial charge in [0, 0.05) is 11.8 Å². The van der Waals surface area contributed by atoms with E-state index < -0.39 is 5.97 Å². The van der Waals surface area contributed by atoms with E-state index in [4.69, 9.17) is 9.84 Å². The van der Waals surface area contributed by atoms with Crippen LogP contribution in [-0.2, 0) is 0 Å². The second kappa shape index (κ2) is 5.31. The molecule has 18 heavy (non-hydrogen) atoms. The summed E-state index contributed by atoms with van der Waals surface area (Å²) in [6, 6.07) is 10.8. The van der Waals surface area contributed by atoms with Crippen LogP contribution in [0.4, 0.5) is 0 Å². The third-order valence-electron chi connectivity index (χ3n) is 2.47. The smallest absolute Gasteiger partial charge is 0.355 e. The minimum absolute atomic E-state index is 0.0474. The molecule has 4 heteroatoms. The number of carboxylic acids is 1. The molecule has 92 valence electrons. The Labute approximate surface area is 105 Å². The Morgan fingerprint density at radius 1 is 1.33 bits per heavy atom. The Balaban J connectivity index is 2.48. The molecule has 0 atom stereocenters. The van der Waals surface area contributed by atoms with Crippen LogP contribution in [-0.4, -0.2) is 22.7 Å². The molecule has 0 aliphatic rings. The summed E-state index contributed by atoms with van der Waals surface area (Å²) >= 11 is 0. The maximum Gasteiger partial charge on any atom is 0.355 e. The molecule has 0 saturated carbocycles. The quantitative estimate of drug-likeness (QED) is 0.897. The van der Waals surface area contributed by atoms with E-state index in [9.17, 15) is 4.79 Å². The number of aromatic carboxylic acids is 1. The van der Waals surface area contributed by atoms with Gasteiger partial charge < -0.3 is 9.84 Å². The molecule has 0 fully saturated rings. The van der Waals surface area contributed by atoms with Crippen LogP contribution >= 0.6 is 0 Å². The predicted octanol–water partition coefficient (Wildman–Crippen LogP) is 2.85. The third kappa shape index (κ3) is 2.48. The van der Waals surface area contributed by atoms with E-state index in [1.54, 1.807) is 12.1 Å². The molecule has 0 aliphatic carbocycles. The zero-order chi connectivity index (χ0) is 13.0. The van der Waals surface area contributed by atoms with E-state index in [0.29, 0.717) is 12.2 Å². The van der Waals surface area contributed by atoms with Crippen molar-refractivity contribution in [2.45, 2.75) is 6.92 Å². The van der Waals surface area contributed by atoms with Crippen LogP contribution in [0.15, 0.2) is 42.6 Å². The first-order valence-corrected chi connectivity index (χ1v) is 5.64. The van der Waals surface area contributed by atoms with Gasteiger partial charge in [-0.05, 0) is 30.7 Å². The van der Waals surface area contributed by atoms with Crippen molar-refractivity contribution in [2.75, 3.05) is 6.61 Å². The molecule has 1 N–H and O–H groups in total. The largest absolute Gasteiger partial charge is 0.494 e. The van der Waals surface area contributed by atoms with Gasteiger partial charge >= 0.3 is 5.97 Å². The number of ether oxygens (including phenoxy) is 1. The third-order valence-corrected chi connectivity index (χ3v) is 2.47. The van der Waals surface area contributed by atoms with Gasteiger partial charge in [0.25, 0.3) is 0 Å². The van der Waals surface area contributed by atoms with Crippen LogP contribution < -0.4 is 4.74 Å². The van der Waals surface area contributed by atoms with Gasteiger partial charge in [0.2, 0.25) is 0 Å². The lowest BCUT2D eigenvalue weighted by Crippen LogP contribution is -2.02. The highest BCUT2D eigenvalue weighted by Gasteiger charge is 2.12. The molecule has 0 saturated heterocycles. The first kappa shape index (κ1) is 12.1. The van der Waals surface area contributed by atoms with Gasteiger partial charge in [-0.15, -0.1) is 0 Å². The number of rotatable bonds is 4. The maximum atomic E-state index is 11.1. The average Bonchev–Trinajstić information content (AvgIpc) is 2.39. The van der Waals surface area contributed by atoms with E-state index in [1.807, 2.05) is 31.2 Å². The van der Waals surface area contributed by atoms with Crippen molar-refractivity contribution in [3.63, 3.8) is 0 Å². The van der Waals surface area contributed by atoms with Gasteiger partial charge in [-0.25, -0.2) is 9.78 Å². The van der Waals surface area contributed by atoms with Crippen molar-refractivity contribution in [3.8, 4) is 16.9 Å². The number of carboxylic acid groups (broad SMARTS) is 1. The van der Waals surface area contributed by atoms with Gasteiger partial charge in [0.1, 0.15) is 5.75 Å². The van der Waals surface area contributed by atoms with Crippen LogP contribution in [0.3, 0.4) is 0 Å². The number of aromatic nitrogens is 1. The summed E-state index contributed by atoms with van der Waals surface area (Å²) in [6.07, 6.45) is 1.47. The van der Waals surface area contributed by atoms with Gasteiger partial charge in [-0.1, -0.05) is 18.2 Å². The Morgan fingerprint density at radius 2 is 2.17 bits per heavy atom. The Hall–Kier alpha value is -2.36. The Bertz CT molecular complexity index is 566. The summed E-state index contributed by atoms with van der Waals surface area (Å²) in [5.41, 5.74) is 1.42. The lowest BCUT2D eigenvalue weighted by Gasteiger charge is -2.08. The second-order valence-electron chi connectivity index (χ2n) is 3.67. The SMILES string of the molecule is CCOc1cccc(-c2cccnc2C(=O)O)c1. The fourth-order valence-electron chi connectivity index (χ4n) is 1.73. The molecule has 1 heterocycles. The lowest BCUT2D eigenvalue weighted by atomic mass is 10.0. The zero-order valence-electron chi connectivity index (χ0n) is 9.96. The number of pyridine rings is 1. The molecule has 0 aliphatic heterocycles. The summed E-state index contributed by atoms with van der Waals surface area (Å²) in [5, 5.41) is 9.11.